The van der Waals surface area contributed by atoms with Crippen molar-refractivity contribution in [3.63, 3.8) is 0 Å². The van der Waals surface area contributed by atoms with Crippen molar-refractivity contribution in [1.82, 2.24) is 20.2 Å². The van der Waals surface area contributed by atoms with Crippen LogP contribution in [0.2, 0.25) is 5.02 Å². The number of hydrazone groups is 1. The number of nitrogens with one attached hydrogen (secondary N) is 2. The Morgan fingerprint density at radius 1 is 1.36 bits per heavy atom. The van der Waals surface area contributed by atoms with Gasteiger partial charge in [0.1, 0.15) is 5.69 Å². The lowest BCUT2D eigenvalue weighted by atomic mass is 10.00. The Morgan fingerprint density at radius 3 is 3.20 bits per heavy atom. The molecule has 0 bridgehead atoms. The van der Waals surface area contributed by atoms with Crippen molar-refractivity contribution >= 4 is 40.3 Å². The number of hydrogen-bond donors (Lipinski definition) is 2. The van der Waals surface area contributed by atoms with Crippen LogP contribution in [0.25, 0.3) is 0 Å². The molecule has 4 heterocycles. The normalized spacial score (nSPS) is 25.1. The quantitative estimate of drug-likeness (QED) is 0.577. The maximum Gasteiger partial charge on any atom is 0.189 e. The van der Waals surface area contributed by atoms with Crippen molar-refractivity contribution < 1.29 is 0 Å². The highest BCUT2D eigenvalue weighted by Crippen LogP contribution is 2.24. The Bertz CT molecular complexity index is 694. The first-order valence-corrected chi connectivity index (χ1v) is 9.74. The molecule has 1 aromatic heterocycles. The average molecular weight is 379 g/mol. The number of aromatic nitrogens is 1. The second kappa shape index (κ2) is 7.43. The molecule has 0 saturated carbocycles. The van der Waals surface area contributed by atoms with Gasteiger partial charge in [-0.05, 0) is 37.7 Å². The first kappa shape index (κ1) is 17.0. The molecule has 1 aromatic rings. The minimum atomic E-state index is 0.626. The molecule has 3 aliphatic heterocycles. The van der Waals surface area contributed by atoms with Crippen LogP contribution in [0.3, 0.4) is 0 Å². The zero-order valence-corrected chi connectivity index (χ0v) is 15.7. The van der Waals surface area contributed by atoms with E-state index < -0.39 is 0 Å². The van der Waals surface area contributed by atoms with E-state index in [1.165, 1.54) is 25.8 Å². The molecule has 0 aliphatic carbocycles. The van der Waals surface area contributed by atoms with Crippen LogP contribution in [0, 0.1) is 0 Å². The van der Waals surface area contributed by atoms with Crippen LogP contribution < -0.4 is 10.7 Å². The topological polar surface area (TPSA) is 55.8 Å². The molecule has 0 spiro atoms. The van der Waals surface area contributed by atoms with Crippen LogP contribution in [0.1, 0.15) is 31.4 Å². The monoisotopic (exact) mass is 378 g/mol. The van der Waals surface area contributed by atoms with Gasteiger partial charge in [-0.25, -0.2) is 0 Å². The van der Waals surface area contributed by atoms with Gasteiger partial charge in [-0.3, -0.25) is 15.3 Å². The number of nitrogens with zero attached hydrogens (tertiary/aromatic N) is 4. The van der Waals surface area contributed by atoms with Crippen LogP contribution in [0.4, 0.5) is 5.69 Å². The third-order valence-corrected chi connectivity index (χ3v) is 5.77. The molecule has 6 nitrogen and oxygen atoms in total. The summed E-state index contributed by atoms with van der Waals surface area (Å²) in [5.74, 6) is 0. The Kier molecular flexibility index (Phi) is 5.05. The van der Waals surface area contributed by atoms with Crippen LogP contribution in [-0.2, 0) is 0 Å². The van der Waals surface area contributed by atoms with E-state index in [1.807, 2.05) is 6.07 Å². The molecule has 4 rings (SSSR count). The molecule has 1 atom stereocenters. The second-order valence-electron chi connectivity index (χ2n) is 6.83. The summed E-state index contributed by atoms with van der Waals surface area (Å²) in [6.07, 6.45) is 6.40. The van der Waals surface area contributed by atoms with E-state index in [4.69, 9.17) is 23.8 Å². The van der Waals surface area contributed by atoms with E-state index in [9.17, 15) is 0 Å². The van der Waals surface area contributed by atoms with Gasteiger partial charge in [0.05, 0.1) is 16.4 Å². The van der Waals surface area contributed by atoms with E-state index in [0.29, 0.717) is 16.2 Å². The van der Waals surface area contributed by atoms with Crippen molar-refractivity contribution in [2.45, 2.75) is 31.7 Å². The molecule has 2 fully saturated rings. The summed E-state index contributed by atoms with van der Waals surface area (Å²) < 4.78 is 0. The maximum atomic E-state index is 6.02. The van der Waals surface area contributed by atoms with Gasteiger partial charge in [0.15, 0.2) is 5.11 Å². The summed E-state index contributed by atoms with van der Waals surface area (Å²) in [5, 5.41) is 9.21. The van der Waals surface area contributed by atoms with Crippen LogP contribution in [0.5, 0.6) is 0 Å². The maximum absolute atomic E-state index is 6.02. The number of piperazine rings is 1. The number of halogens is 1. The number of anilines is 1. The van der Waals surface area contributed by atoms with Crippen molar-refractivity contribution in [1.29, 1.82) is 0 Å². The lowest BCUT2D eigenvalue weighted by Gasteiger charge is -2.44. The summed E-state index contributed by atoms with van der Waals surface area (Å²) in [7, 11) is 0. The molecule has 1 unspecified atom stereocenters. The molecule has 3 aliphatic rings. The zero-order valence-electron chi connectivity index (χ0n) is 14.2. The number of piperidine rings is 1. The zero-order chi connectivity index (χ0) is 17.2. The Morgan fingerprint density at radius 2 is 2.28 bits per heavy atom. The minimum absolute atomic E-state index is 0.626. The van der Waals surface area contributed by atoms with Gasteiger partial charge in [-0.15, -0.1) is 0 Å². The van der Waals surface area contributed by atoms with Crippen LogP contribution >= 0.6 is 23.8 Å². The number of fused-ring (bicyclic) bond motifs is 2. The Labute approximate surface area is 158 Å². The summed E-state index contributed by atoms with van der Waals surface area (Å²) in [6, 6.07) is 2.53. The molecule has 0 amide bonds. The number of rotatable bonds is 1. The van der Waals surface area contributed by atoms with E-state index in [-0.39, 0.29) is 0 Å². The minimum Gasteiger partial charge on any atom is -0.383 e. The summed E-state index contributed by atoms with van der Waals surface area (Å²) >= 11 is 11.6. The molecular weight excluding hydrogens is 356 g/mol. The smallest absolute Gasteiger partial charge is 0.189 e. The fourth-order valence-electron chi connectivity index (χ4n) is 3.87. The predicted octanol–water partition coefficient (Wildman–Crippen LogP) is 2.30. The highest BCUT2D eigenvalue weighted by molar-refractivity contribution is 7.80. The molecule has 0 radical (unpaired) electrons. The fraction of sp³-hybridized carbons (Fsp3) is 0.588. The molecule has 2 N–H and O–H groups in total. The molecule has 134 valence electrons. The summed E-state index contributed by atoms with van der Waals surface area (Å²) in [5.41, 5.74) is 5.80. The fourth-order valence-corrected chi connectivity index (χ4v) is 4.24. The first-order chi connectivity index (χ1) is 12.2. The highest BCUT2D eigenvalue weighted by Gasteiger charge is 2.29. The summed E-state index contributed by atoms with van der Waals surface area (Å²) in [6.45, 7) is 5.12. The third-order valence-electron chi connectivity index (χ3n) is 5.22. The number of pyridine rings is 1. The molecule has 25 heavy (non-hydrogen) atoms. The standard InChI is InChI=1S/C17H23ClN6S/c18-12-9-15-16(20-10-12)14(4-5-19-15)21-22-17(25)24-8-7-23-6-2-1-3-13(23)11-24/h9-10,13,19H,1-8,11H2,(H,22,25)/b21-14-. The van der Waals surface area contributed by atoms with Crippen LogP contribution in [0.15, 0.2) is 17.4 Å². The van der Waals surface area contributed by atoms with Crippen molar-refractivity contribution in [2.75, 3.05) is 38.0 Å². The Balaban J connectivity index is 1.41. The number of hydrogen-bond acceptors (Lipinski definition) is 5. The Hall–Kier alpha value is -1.44. The van der Waals surface area contributed by atoms with Gasteiger partial charge in [-0.1, -0.05) is 18.0 Å². The predicted molar refractivity (Wildman–Crippen MR) is 105 cm³/mol. The first-order valence-electron chi connectivity index (χ1n) is 8.96. The molecule has 0 aromatic carbocycles. The van der Waals surface area contributed by atoms with Crippen molar-refractivity contribution in [2.24, 2.45) is 5.10 Å². The van der Waals surface area contributed by atoms with Crippen molar-refractivity contribution in [3.05, 3.63) is 23.0 Å². The van der Waals surface area contributed by atoms with Crippen molar-refractivity contribution in [3.8, 4) is 0 Å². The van der Waals surface area contributed by atoms with E-state index >= 15 is 0 Å². The molecule has 2 saturated heterocycles. The van der Waals surface area contributed by atoms with Gasteiger partial charge < -0.3 is 10.2 Å². The van der Waals surface area contributed by atoms with Gasteiger partial charge in [-0.2, -0.15) is 5.10 Å². The second-order valence-corrected chi connectivity index (χ2v) is 7.66. The lowest BCUT2D eigenvalue weighted by molar-refractivity contribution is 0.0799. The van der Waals surface area contributed by atoms with Crippen LogP contribution in [-0.4, -0.2) is 64.4 Å². The van der Waals surface area contributed by atoms with E-state index in [2.05, 4.69) is 30.6 Å². The lowest BCUT2D eigenvalue weighted by Crippen LogP contribution is -2.57. The highest BCUT2D eigenvalue weighted by atomic mass is 35.5. The van der Waals surface area contributed by atoms with E-state index in [1.54, 1.807) is 6.20 Å². The van der Waals surface area contributed by atoms with Gasteiger partial charge in [0, 0.05) is 44.8 Å². The van der Waals surface area contributed by atoms with Gasteiger partial charge in [0.25, 0.3) is 0 Å². The van der Waals surface area contributed by atoms with Gasteiger partial charge in [0.2, 0.25) is 0 Å². The summed E-state index contributed by atoms with van der Waals surface area (Å²) in [4.78, 5) is 9.27. The SMILES string of the molecule is S=C(N/N=C1/CCNc2cc(Cl)cnc21)N1CCN2CCCCC2C1. The third kappa shape index (κ3) is 3.73. The molecular formula is C17H23ClN6S. The largest absolute Gasteiger partial charge is 0.383 e. The molecule has 8 heteroatoms. The number of thiocarbonyl (C=S) groups is 1. The average Bonchev–Trinajstić information content (AvgIpc) is 2.65. The van der Waals surface area contributed by atoms with E-state index in [0.717, 1.165) is 49.7 Å². The van der Waals surface area contributed by atoms with Gasteiger partial charge >= 0.3 is 0 Å².